The zero-order valence-corrected chi connectivity index (χ0v) is 11.7. The SMILES string of the molecule is CCNCCCNCCc1cc(Cl)ccc1Cl. The van der Waals surface area contributed by atoms with Gasteiger partial charge in [0.15, 0.2) is 0 Å². The lowest BCUT2D eigenvalue weighted by molar-refractivity contribution is 0.606. The number of rotatable bonds is 8. The Morgan fingerprint density at radius 3 is 2.59 bits per heavy atom. The summed E-state index contributed by atoms with van der Waals surface area (Å²) in [6, 6.07) is 5.60. The van der Waals surface area contributed by atoms with Gasteiger partial charge in [-0.3, -0.25) is 0 Å². The Bertz CT molecular complexity index is 329. The van der Waals surface area contributed by atoms with Crippen molar-refractivity contribution in [3.8, 4) is 0 Å². The van der Waals surface area contributed by atoms with Crippen molar-refractivity contribution >= 4 is 23.2 Å². The van der Waals surface area contributed by atoms with Gasteiger partial charge in [0.1, 0.15) is 0 Å². The van der Waals surface area contributed by atoms with Gasteiger partial charge < -0.3 is 10.6 Å². The summed E-state index contributed by atoms with van der Waals surface area (Å²) in [5.41, 5.74) is 1.11. The van der Waals surface area contributed by atoms with Gasteiger partial charge in [0.25, 0.3) is 0 Å². The highest BCUT2D eigenvalue weighted by molar-refractivity contribution is 6.33. The predicted octanol–water partition coefficient (Wildman–Crippen LogP) is 3.13. The minimum Gasteiger partial charge on any atom is -0.317 e. The van der Waals surface area contributed by atoms with Crippen LogP contribution in [0.4, 0.5) is 0 Å². The van der Waals surface area contributed by atoms with E-state index < -0.39 is 0 Å². The number of hydrogen-bond donors (Lipinski definition) is 2. The van der Waals surface area contributed by atoms with E-state index in [9.17, 15) is 0 Å². The molecule has 0 amide bonds. The van der Waals surface area contributed by atoms with E-state index in [1.807, 2.05) is 18.2 Å². The second kappa shape index (κ2) is 8.76. The van der Waals surface area contributed by atoms with Crippen LogP contribution in [0.1, 0.15) is 18.9 Å². The van der Waals surface area contributed by atoms with Crippen molar-refractivity contribution in [3.63, 3.8) is 0 Å². The first-order chi connectivity index (χ1) is 8.24. The fourth-order valence-corrected chi connectivity index (χ4v) is 2.00. The van der Waals surface area contributed by atoms with Crippen molar-refractivity contribution in [1.29, 1.82) is 0 Å². The quantitative estimate of drug-likeness (QED) is 0.712. The third-order valence-corrected chi connectivity index (χ3v) is 3.14. The lowest BCUT2D eigenvalue weighted by Gasteiger charge is -2.07. The maximum atomic E-state index is 6.08. The highest BCUT2D eigenvalue weighted by Crippen LogP contribution is 2.20. The molecule has 2 nitrogen and oxygen atoms in total. The van der Waals surface area contributed by atoms with Crippen LogP contribution in [0.3, 0.4) is 0 Å². The number of hydrogen-bond acceptors (Lipinski definition) is 2. The number of nitrogens with one attached hydrogen (secondary N) is 2. The second-order valence-corrected chi connectivity index (χ2v) is 4.79. The van der Waals surface area contributed by atoms with Crippen LogP contribution >= 0.6 is 23.2 Å². The smallest absolute Gasteiger partial charge is 0.0439 e. The van der Waals surface area contributed by atoms with Gasteiger partial charge in [0.05, 0.1) is 0 Å². The standard InChI is InChI=1S/C13H20Cl2N2/c1-2-16-7-3-8-17-9-6-11-10-12(14)4-5-13(11)15/h4-5,10,16-17H,2-3,6-9H2,1H3. The highest BCUT2D eigenvalue weighted by Gasteiger charge is 2.00. The molecule has 0 bridgehead atoms. The van der Waals surface area contributed by atoms with E-state index in [0.717, 1.165) is 54.6 Å². The first-order valence-corrected chi connectivity index (χ1v) is 6.85. The second-order valence-electron chi connectivity index (χ2n) is 3.94. The molecule has 0 heterocycles. The van der Waals surface area contributed by atoms with Crippen molar-refractivity contribution in [3.05, 3.63) is 33.8 Å². The monoisotopic (exact) mass is 274 g/mol. The third kappa shape index (κ3) is 6.27. The molecule has 17 heavy (non-hydrogen) atoms. The minimum atomic E-state index is 0.747. The van der Waals surface area contributed by atoms with Gasteiger partial charge in [0, 0.05) is 10.0 Å². The molecule has 0 unspecified atom stereocenters. The Kier molecular flexibility index (Phi) is 7.62. The van der Waals surface area contributed by atoms with Gasteiger partial charge in [-0.15, -0.1) is 0 Å². The summed E-state index contributed by atoms with van der Waals surface area (Å²) in [5.74, 6) is 0. The third-order valence-electron chi connectivity index (χ3n) is 2.54. The van der Waals surface area contributed by atoms with Gasteiger partial charge in [-0.1, -0.05) is 30.1 Å². The molecular formula is C13H20Cl2N2. The fourth-order valence-electron chi connectivity index (χ4n) is 1.60. The molecule has 0 saturated carbocycles. The molecule has 0 atom stereocenters. The van der Waals surface area contributed by atoms with Crippen molar-refractivity contribution in [1.82, 2.24) is 10.6 Å². The molecule has 0 aliphatic carbocycles. The van der Waals surface area contributed by atoms with E-state index in [-0.39, 0.29) is 0 Å². The summed E-state index contributed by atoms with van der Waals surface area (Å²) in [5, 5.41) is 8.23. The van der Waals surface area contributed by atoms with Crippen LogP contribution < -0.4 is 10.6 Å². The Morgan fingerprint density at radius 2 is 1.82 bits per heavy atom. The minimum absolute atomic E-state index is 0.747. The van der Waals surface area contributed by atoms with Crippen LogP contribution in [-0.2, 0) is 6.42 Å². The summed E-state index contributed by atoms with van der Waals surface area (Å²) in [6.45, 7) is 6.20. The average molecular weight is 275 g/mol. The molecule has 1 rings (SSSR count). The molecule has 2 N–H and O–H groups in total. The van der Waals surface area contributed by atoms with Crippen LogP contribution in [0.15, 0.2) is 18.2 Å². The van der Waals surface area contributed by atoms with Crippen LogP contribution in [0, 0.1) is 0 Å². The molecule has 0 spiro atoms. The Balaban J connectivity index is 2.15. The fraction of sp³-hybridized carbons (Fsp3) is 0.538. The van der Waals surface area contributed by atoms with Gasteiger partial charge in [-0.25, -0.2) is 0 Å². The van der Waals surface area contributed by atoms with E-state index in [1.54, 1.807) is 0 Å². The molecule has 0 fully saturated rings. The number of halogens is 2. The largest absolute Gasteiger partial charge is 0.317 e. The highest BCUT2D eigenvalue weighted by atomic mass is 35.5. The van der Waals surface area contributed by atoms with Gasteiger partial charge in [-0.2, -0.15) is 0 Å². The number of benzene rings is 1. The molecule has 0 radical (unpaired) electrons. The zero-order valence-electron chi connectivity index (χ0n) is 10.2. The summed E-state index contributed by atoms with van der Waals surface area (Å²) >= 11 is 12.0. The topological polar surface area (TPSA) is 24.1 Å². The molecule has 1 aromatic carbocycles. The van der Waals surface area contributed by atoms with Crippen LogP contribution in [0.25, 0.3) is 0 Å². The van der Waals surface area contributed by atoms with E-state index in [4.69, 9.17) is 23.2 Å². The summed E-state index contributed by atoms with van der Waals surface area (Å²) in [7, 11) is 0. The van der Waals surface area contributed by atoms with E-state index in [0.29, 0.717) is 0 Å². The van der Waals surface area contributed by atoms with Crippen molar-refractivity contribution in [2.24, 2.45) is 0 Å². The van der Waals surface area contributed by atoms with Crippen LogP contribution in [0.5, 0.6) is 0 Å². The Morgan fingerprint density at radius 1 is 1.06 bits per heavy atom. The van der Waals surface area contributed by atoms with Crippen molar-refractivity contribution in [2.45, 2.75) is 19.8 Å². The van der Waals surface area contributed by atoms with E-state index in [1.165, 1.54) is 0 Å². The first kappa shape index (κ1) is 14.8. The molecular weight excluding hydrogens is 255 g/mol. The maximum Gasteiger partial charge on any atom is 0.0439 e. The Hall–Kier alpha value is -0.280. The maximum absolute atomic E-state index is 6.08. The lowest BCUT2D eigenvalue weighted by atomic mass is 10.1. The summed E-state index contributed by atoms with van der Waals surface area (Å²) in [6.07, 6.45) is 2.07. The summed E-state index contributed by atoms with van der Waals surface area (Å²) < 4.78 is 0. The molecule has 1 aromatic rings. The first-order valence-electron chi connectivity index (χ1n) is 6.09. The molecule has 0 saturated heterocycles. The van der Waals surface area contributed by atoms with E-state index in [2.05, 4.69) is 17.6 Å². The molecule has 0 aliphatic rings. The molecule has 0 aliphatic heterocycles. The normalized spacial score (nSPS) is 10.8. The van der Waals surface area contributed by atoms with Crippen molar-refractivity contribution in [2.75, 3.05) is 26.2 Å². The molecule has 4 heteroatoms. The lowest BCUT2D eigenvalue weighted by Crippen LogP contribution is -2.23. The average Bonchev–Trinajstić information content (AvgIpc) is 2.32. The van der Waals surface area contributed by atoms with Crippen LogP contribution in [0.2, 0.25) is 10.0 Å². The van der Waals surface area contributed by atoms with Crippen molar-refractivity contribution < 1.29 is 0 Å². The predicted molar refractivity (Wildman–Crippen MR) is 76.2 cm³/mol. The Labute approximate surface area is 114 Å². The van der Waals surface area contributed by atoms with Crippen LogP contribution in [-0.4, -0.2) is 26.2 Å². The van der Waals surface area contributed by atoms with E-state index >= 15 is 0 Å². The molecule has 0 aromatic heterocycles. The van der Waals surface area contributed by atoms with Gasteiger partial charge in [-0.05, 0) is 62.8 Å². The zero-order chi connectivity index (χ0) is 12.5. The van der Waals surface area contributed by atoms with Gasteiger partial charge >= 0.3 is 0 Å². The summed E-state index contributed by atoms with van der Waals surface area (Å²) in [4.78, 5) is 0. The van der Waals surface area contributed by atoms with Gasteiger partial charge in [0.2, 0.25) is 0 Å². The molecule has 96 valence electrons.